The van der Waals surface area contributed by atoms with Crippen LogP contribution in [-0.4, -0.2) is 18.4 Å². The summed E-state index contributed by atoms with van der Waals surface area (Å²) in [5, 5.41) is 0. The zero-order chi connectivity index (χ0) is 13.5. The minimum atomic E-state index is -1.96. The largest absolute Gasteiger partial charge is 1.00 e. The number of fused-ring (bicyclic) bond motifs is 1. The average molecular weight is 505 g/mol. The van der Waals surface area contributed by atoms with Crippen molar-refractivity contribution >= 4 is 24.5 Å². The summed E-state index contributed by atoms with van der Waals surface area (Å²) in [4.78, 5) is 7.71. The Hall–Kier alpha value is 0.702. The van der Waals surface area contributed by atoms with E-state index >= 15 is 0 Å². The molecule has 0 aromatic heterocycles. The van der Waals surface area contributed by atoms with Crippen molar-refractivity contribution in [3.8, 4) is 0 Å². The molecule has 21 heavy (non-hydrogen) atoms. The molecular formula is C17H20Cl2SnZr. The van der Waals surface area contributed by atoms with Gasteiger partial charge >= 0.3 is 133 Å². The molecule has 1 aromatic rings. The van der Waals surface area contributed by atoms with E-state index in [1.54, 1.807) is 8.84 Å². The fourth-order valence-corrected chi connectivity index (χ4v) is 19.4. The molecular weight excluding hydrogens is 485 g/mol. The Morgan fingerprint density at radius 3 is 2.43 bits per heavy atom. The number of allylic oxidation sites excluding steroid dienone is 5. The molecule has 2 aliphatic carbocycles. The minimum absolute atomic E-state index is 0. The van der Waals surface area contributed by atoms with Crippen LogP contribution in [0.3, 0.4) is 0 Å². The summed E-state index contributed by atoms with van der Waals surface area (Å²) >= 11 is -2.47. The van der Waals surface area contributed by atoms with Gasteiger partial charge in [-0.05, 0) is 0 Å². The molecule has 4 heteroatoms. The Bertz CT molecular complexity index is 597. The third-order valence-electron chi connectivity index (χ3n) is 3.90. The number of hydrogen-bond acceptors (Lipinski definition) is 0. The van der Waals surface area contributed by atoms with Crippen molar-refractivity contribution in [3.05, 3.63) is 60.5 Å². The zero-order valence-corrected chi connectivity index (χ0v) is 19.5. The van der Waals surface area contributed by atoms with E-state index in [1.807, 2.05) is 3.59 Å². The molecule has 1 aromatic carbocycles. The standard InChI is InChI=1S/C9H6.C5H5.3CH3.2ClH.Sn.Zr/c1-2-5-9-7-3-6-8(9)4-1;1-2-4-5-3-1;;;;;;;/h1-2,4-7H;1-3H,4H2;3*1H3;2*1H;;/q;;;;;;;;+2/p-2. The van der Waals surface area contributed by atoms with Gasteiger partial charge in [-0.1, -0.05) is 0 Å². The first-order chi connectivity index (χ1) is 9.05. The summed E-state index contributed by atoms with van der Waals surface area (Å²) in [5.74, 6) is 0. The molecule has 110 valence electrons. The van der Waals surface area contributed by atoms with Crippen LogP contribution < -0.4 is 24.8 Å². The van der Waals surface area contributed by atoms with E-state index in [9.17, 15) is 0 Å². The van der Waals surface area contributed by atoms with Crippen molar-refractivity contribution in [1.82, 2.24) is 0 Å². The normalized spacial score (nSPS) is 18.9. The SMILES string of the molecule is [CH3][Sn]([CH3])([CH3])[C]1=Cc2ccccc2[CH]1[Zr+2][C]1=CC=CC1.[Cl-].[Cl-]. The average Bonchev–Trinajstić information content (AvgIpc) is 2.97. The monoisotopic (exact) mass is 504 g/mol. The molecule has 2 aliphatic rings. The van der Waals surface area contributed by atoms with Crippen LogP contribution in [0.5, 0.6) is 0 Å². The van der Waals surface area contributed by atoms with E-state index in [2.05, 4.69) is 63.4 Å². The van der Waals surface area contributed by atoms with E-state index in [1.165, 1.54) is 12.0 Å². The predicted molar refractivity (Wildman–Crippen MR) is 82.3 cm³/mol. The molecule has 3 rings (SSSR count). The summed E-state index contributed by atoms with van der Waals surface area (Å²) < 4.78 is 4.48. The van der Waals surface area contributed by atoms with Crippen LogP contribution in [-0.2, 0) is 23.2 Å². The van der Waals surface area contributed by atoms with E-state index in [0.717, 1.165) is 3.63 Å². The summed E-state index contributed by atoms with van der Waals surface area (Å²) in [6, 6.07) is 9.11. The molecule has 0 nitrogen and oxygen atoms in total. The van der Waals surface area contributed by atoms with Gasteiger partial charge in [0.05, 0.1) is 0 Å². The molecule has 0 N–H and O–H groups in total. The Morgan fingerprint density at radius 1 is 1.10 bits per heavy atom. The molecule has 0 spiro atoms. The quantitative estimate of drug-likeness (QED) is 0.460. The first-order valence-electron chi connectivity index (χ1n) is 6.99. The van der Waals surface area contributed by atoms with Gasteiger partial charge in [-0.3, -0.25) is 0 Å². The van der Waals surface area contributed by atoms with Gasteiger partial charge in [-0.15, -0.1) is 0 Å². The number of rotatable bonds is 3. The number of halogens is 2. The van der Waals surface area contributed by atoms with E-state index in [-0.39, 0.29) is 24.8 Å². The first-order valence-corrected chi connectivity index (χ1v) is 19.6. The smallest absolute Gasteiger partial charge is 1.00 e. The van der Waals surface area contributed by atoms with Gasteiger partial charge in [-0.2, -0.15) is 0 Å². The van der Waals surface area contributed by atoms with Crippen molar-refractivity contribution < 1.29 is 48.0 Å². The molecule has 0 aliphatic heterocycles. The Labute approximate surface area is 156 Å². The van der Waals surface area contributed by atoms with Gasteiger partial charge in [0.25, 0.3) is 0 Å². The van der Waals surface area contributed by atoms with Gasteiger partial charge in [0.1, 0.15) is 0 Å². The molecule has 0 saturated carbocycles. The van der Waals surface area contributed by atoms with Gasteiger partial charge in [-0.25, -0.2) is 0 Å². The zero-order valence-electron chi connectivity index (χ0n) is 12.7. The maximum Gasteiger partial charge on any atom is -1.00 e. The van der Waals surface area contributed by atoms with Crippen molar-refractivity contribution in [3.63, 3.8) is 0 Å². The second kappa shape index (κ2) is 8.00. The summed E-state index contributed by atoms with van der Waals surface area (Å²) in [7, 11) is 0. The molecule has 0 radical (unpaired) electrons. The van der Waals surface area contributed by atoms with Crippen molar-refractivity contribution in [2.45, 2.75) is 24.9 Å². The van der Waals surface area contributed by atoms with Crippen LogP contribution in [0.1, 0.15) is 21.2 Å². The molecule has 0 fully saturated rings. The minimum Gasteiger partial charge on any atom is -1.00 e. The molecule has 1 unspecified atom stereocenters. The maximum atomic E-state index is 2.57. The second-order valence-corrected chi connectivity index (χ2v) is 24.6. The molecule has 1 atom stereocenters. The Balaban J connectivity index is 0.00000110. The fraction of sp³-hybridized carbons (Fsp3) is 0.294. The van der Waals surface area contributed by atoms with Crippen molar-refractivity contribution in [2.75, 3.05) is 0 Å². The third-order valence-corrected chi connectivity index (χ3v) is 16.2. The van der Waals surface area contributed by atoms with Crippen molar-refractivity contribution in [1.29, 1.82) is 0 Å². The maximum absolute atomic E-state index is 2.57. The Kier molecular flexibility index (Phi) is 7.52. The van der Waals surface area contributed by atoms with Crippen LogP contribution in [0.15, 0.2) is 49.4 Å². The van der Waals surface area contributed by atoms with E-state index in [0.29, 0.717) is 0 Å². The van der Waals surface area contributed by atoms with Gasteiger partial charge in [0.15, 0.2) is 0 Å². The second-order valence-electron chi connectivity index (χ2n) is 6.38. The van der Waals surface area contributed by atoms with Crippen LogP contribution >= 0.6 is 0 Å². The van der Waals surface area contributed by atoms with Crippen molar-refractivity contribution in [2.24, 2.45) is 0 Å². The summed E-state index contributed by atoms with van der Waals surface area (Å²) in [5.41, 5.74) is 3.16. The topological polar surface area (TPSA) is 0 Å². The fourth-order valence-electron chi connectivity index (χ4n) is 2.87. The Morgan fingerprint density at radius 2 is 1.81 bits per heavy atom. The third kappa shape index (κ3) is 4.37. The van der Waals surface area contributed by atoms with Crippen LogP contribution in [0.4, 0.5) is 0 Å². The molecule has 0 heterocycles. The molecule has 0 saturated heterocycles. The van der Waals surface area contributed by atoms with Crippen LogP contribution in [0.25, 0.3) is 6.08 Å². The van der Waals surface area contributed by atoms with Gasteiger partial charge in [0, 0.05) is 0 Å². The summed E-state index contributed by atoms with van der Waals surface area (Å²) in [6.45, 7) is 0. The predicted octanol–water partition coefficient (Wildman–Crippen LogP) is -1.06. The van der Waals surface area contributed by atoms with Gasteiger partial charge in [0.2, 0.25) is 0 Å². The van der Waals surface area contributed by atoms with Crippen LogP contribution in [0.2, 0.25) is 14.8 Å². The first kappa shape index (κ1) is 19.7. The van der Waals surface area contributed by atoms with E-state index < -0.39 is 41.6 Å². The van der Waals surface area contributed by atoms with Crippen LogP contribution in [0, 0.1) is 0 Å². The summed E-state index contributed by atoms with van der Waals surface area (Å²) in [6.07, 6.45) is 10.8. The van der Waals surface area contributed by atoms with Gasteiger partial charge < -0.3 is 24.8 Å². The van der Waals surface area contributed by atoms with E-state index in [4.69, 9.17) is 0 Å². The molecule has 0 amide bonds. The number of hydrogen-bond donors (Lipinski definition) is 0. The number of benzene rings is 1. The molecule has 0 bridgehead atoms.